The third-order valence-corrected chi connectivity index (χ3v) is 5.17. The Bertz CT molecular complexity index is 714. The van der Waals surface area contributed by atoms with Gasteiger partial charge in [-0.05, 0) is 31.2 Å². The molecule has 2 N–H and O–H groups in total. The molecule has 0 bridgehead atoms. The molecule has 0 saturated carbocycles. The number of sulfonamides is 1. The first kappa shape index (κ1) is 17.4. The van der Waals surface area contributed by atoms with Crippen molar-refractivity contribution in [3.8, 4) is 10.4 Å². The van der Waals surface area contributed by atoms with Crippen molar-refractivity contribution in [2.75, 3.05) is 19.3 Å². The molecule has 1 heterocycles. The van der Waals surface area contributed by atoms with Gasteiger partial charge in [0.1, 0.15) is 0 Å². The van der Waals surface area contributed by atoms with Crippen LogP contribution in [-0.4, -0.2) is 27.8 Å². The van der Waals surface area contributed by atoms with Gasteiger partial charge in [-0.25, -0.2) is 13.1 Å². The van der Waals surface area contributed by atoms with E-state index in [0.29, 0.717) is 6.54 Å². The molecule has 22 heavy (non-hydrogen) atoms. The van der Waals surface area contributed by atoms with Crippen LogP contribution in [0.4, 0.5) is 0 Å². The number of hydrogen-bond acceptors (Lipinski definition) is 4. The van der Waals surface area contributed by atoms with E-state index in [2.05, 4.69) is 22.2 Å². The van der Waals surface area contributed by atoms with Crippen LogP contribution in [0.25, 0.3) is 10.4 Å². The highest BCUT2D eigenvalue weighted by Gasteiger charge is 2.06. The molecule has 4 nitrogen and oxygen atoms in total. The van der Waals surface area contributed by atoms with E-state index >= 15 is 0 Å². The molecular formula is C15H19ClN2O2S2. The summed E-state index contributed by atoms with van der Waals surface area (Å²) in [6.07, 6.45) is 1.93. The van der Waals surface area contributed by atoms with Gasteiger partial charge in [-0.2, -0.15) is 0 Å². The van der Waals surface area contributed by atoms with E-state index < -0.39 is 10.0 Å². The van der Waals surface area contributed by atoms with E-state index in [-0.39, 0.29) is 0 Å². The Balaban J connectivity index is 1.77. The number of nitrogens with one attached hydrogen (secondary N) is 2. The minimum absolute atomic E-state index is 0.459. The molecule has 0 aliphatic carbocycles. The maximum Gasteiger partial charge on any atom is 0.208 e. The smallest absolute Gasteiger partial charge is 0.208 e. The second-order valence-electron chi connectivity index (χ2n) is 4.94. The highest BCUT2D eigenvalue weighted by atomic mass is 35.5. The third kappa shape index (κ3) is 5.70. The Morgan fingerprint density at radius 2 is 1.91 bits per heavy atom. The van der Waals surface area contributed by atoms with Crippen molar-refractivity contribution in [1.82, 2.24) is 10.0 Å². The number of hydrogen-bond donors (Lipinski definition) is 2. The van der Waals surface area contributed by atoms with Crippen LogP contribution in [0.1, 0.15) is 11.3 Å². The van der Waals surface area contributed by atoms with Crippen molar-refractivity contribution in [2.45, 2.75) is 13.0 Å². The lowest BCUT2D eigenvalue weighted by atomic mass is 10.2. The molecule has 0 atom stereocenters. The normalized spacial score (nSPS) is 11.7. The summed E-state index contributed by atoms with van der Waals surface area (Å²) in [5, 5.41) is 4.07. The molecular weight excluding hydrogens is 340 g/mol. The predicted octanol–water partition coefficient (Wildman–Crippen LogP) is 3.10. The number of benzene rings is 1. The van der Waals surface area contributed by atoms with Gasteiger partial charge >= 0.3 is 0 Å². The van der Waals surface area contributed by atoms with Crippen LogP contribution in [0.2, 0.25) is 5.02 Å². The average molecular weight is 359 g/mol. The zero-order valence-corrected chi connectivity index (χ0v) is 14.7. The monoisotopic (exact) mass is 358 g/mol. The summed E-state index contributed by atoms with van der Waals surface area (Å²) in [6.45, 7) is 2.00. The van der Waals surface area contributed by atoms with E-state index in [4.69, 9.17) is 11.6 Å². The summed E-state index contributed by atoms with van der Waals surface area (Å²) in [6, 6.07) is 12.0. The van der Waals surface area contributed by atoms with Crippen molar-refractivity contribution in [3.05, 3.63) is 46.3 Å². The first-order valence-electron chi connectivity index (χ1n) is 6.95. The Labute approximate surface area is 140 Å². The van der Waals surface area contributed by atoms with Crippen LogP contribution in [0.15, 0.2) is 36.4 Å². The summed E-state index contributed by atoms with van der Waals surface area (Å²) < 4.78 is 24.3. The summed E-state index contributed by atoms with van der Waals surface area (Å²) in [4.78, 5) is 2.38. The lowest BCUT2D eigenvalue weighted by Gasteiger charge is -2.04. The molecule has 2 aromatic rings. The van der Waals surface area contributed by atoms with Crippen molar-refractivity contribution < 1.29 is 8.42 Å². The topological polar surface area (TPSA) is 58.2 Å². The van der Waals surface area contributed by atoms with Crippen LogP contribution < -0.4 is 10.0 Å². The van der Waals surface area contributed by atoms with Crippen LogP contribution in [0.3, 0.4) is 0 Å². The van der Waals surface area contributed by atoms with E-state index in [9.17, 15) is 8.42 Å². The van der Waals surface area contributed by atoms with Gasteiger partial charge in [0.25, 0.3) is 0 Å². The van der Waals surface area contributed by atoms with Gasteiger partial charge in [-0.15, -0.1) is 11.3 Å². The molecule has 0 spiro atoms. The Hall–Kier alpha value is -0.920. The molecule has 0 saturated heterocycles. The fraction of sp³-hybridized carbons (Fsp3) is 0.333. The molecule has 7 heteroatoms. The Morgan fingerprint density at radius 3 is 2.64 bits per heavy atom. The number of rotatable bonds is 8. The van der Waals surface area contributed by atoms with Gasteiger partial charge in [0.05, 0.1) is 6.26 Å². The predicted molar refractivity (Wildman–Crippen MR) is 93.9 cm³/mol. The lowest BCUT2D eigenvalue weighted by Crippen LogP contribution is -2.26. The molecule has 2 rings (SSSR count). The molecule has 0 unspecified atom stereocenters. The molecule has 0 aliphatic rings. The van der Waals surface area contributed by atoms with Gasteiger partial charge < -0.3 is 5.32 Å². The summed E-state index contributed by atoms with van der Waals surface area (Å²) in [7, 11) is -3.08. The second kappa shape index (κ2) is 8.08. The molecule has 1 aromatic heterocycles. The van der Waals surface area contributed by atoms with Crippen LogP contribution in [0.5, 0.6) is 0 Å². The first-order valence-corrected chi connectivity index (χ1v) is 10.0. The van der Waals surface area contributed by atoms with Crippen molar-refractivity contribution in [1.29, 1.82) is 0 Å². The van der Waals surface area contributed by atoms with Crippen molar-refractivity contribution in [3.63, 3.8) is 0 Å². The molecule has 0 radical (unpaired) electrons. The van der Waals surface area contributed by atoms with Crippen LogP contribution in [-0.2, 0) is 16.6 Å². The van der Waals surface area contributed by atoms with E-state index in [0.717, 1.165) is 35.0 Å². The SMILES string of the molecule is CS(=O)(=O)NCCCNCc1ccc(-c2ccccc2Cl)s1. The van der Waals surface area contributed by atoms with Gasteiger partial charge in [-0.1, -0.05) is 29.8 Å². The van der Waals surface area contributed by atoms with Crippen molar-refractivity contribution in [2.24, 2.45) is 0 Å². The number of halogens is 1. The zero-order chi connectivity index (χ0) is 16.0. The van der Waals surface area contributed by atoms with E-state index in [1.54, 1.807) is 11.3 Å². The summed E-state index contributed by atoms with van der Waals surface area (Å²) in [5.41, 5.74) is 1.05. The van der Waals surface area contributed by atoms with E-state index in [1.165, 1.54) is 11.1 Å². The molecule has 1 aromatic carbocycles. The zero-order valence-electron chi connectivity index (χ0n) is 12.3. The quantitative estimate of drug-likeness (QED) is 0.713. The fourth-order valence-corrected chi connectivity index (χ4v) is 3.79. The average Bonchev–Trinajstić information content (AvgIpc) is 2.90. The highest BCUT2D eigenvalue weighted by molar-refractivity contribution is 7.88. The molecule has 120 valence electrons. The first-order chi connectivity index (χ1) is 10.5. The van der Waals surface area contributed by atoms with Crippen LogP contribution >= 0.6 is 22.9 Å². The van der Waals surface area contributed by atoms with Gasteiger partial charge in [0, 0.05) is 33.4 Å². The number of thiophene rings is 1. The maximum absolute atomic E-state index is 10.9. The van der Waals surface area contributed by atoms with Crippen molar-refractivity contribution >= 4 is 33.0 Å². The third-order valence-electron chi connectivity index (χ3n) is 2.99. The second-order valence-corrected chi connectivity index (χ2v) is 8.35. The Morgan fingerprint density at radius 1 is 1.14 bits per heavy atom. The molecule has 0 fully saturated rings. The minimum Gasteiger partial charge on any atom is -0.312 e. The van der Waals surface area contributed by atoms with E-state index in [1.807, 2.05) is 24.3 Å². The fourth-order valence-electron chi connectivity index (χ4n) is 1.96. The molecule has 0 amide bonds. The largest absolute Gasteiger partial charge is 0.312 e. The summed E-state index contributed by atoms with van der Waals surface area (Å²) >= 11 is 7.91. The molecule has 0 aliphatic heterocycles. The van der Waals surface area contributed by atoms with Gasteiger partial charge in [0.2, 0.25) is 10.0 Å². The highest BCUT2D eigenvalue weighted by Crippen LogP contribution is 2.33. The standard InChI is InChI=1S/C15H19ClN2O2S2/c1-22(19,20)18-10-4-9-17-11-12-7-8-15(21-12)13-5-2-3-6-14(13)16/h2-3,5-8,17-18H,4,9-11H2,1H3. The van der Waals surface area contributed by atoms with Gasteiger partial charge in [0.15, 0.2) is 0 Å². The van der Waals surface area contributed by atoms with Crippen LogP contribution in [0, 0.1) is 0 Å². The summed E-state index contributed by atoms with van der Waals surface area (Å²) in [5.74, 6) is 0. The van der Waals surface area contributed by atoms with Gasteiger partial charge in [-0.3, -0.25) is 0 Å². The maximum atomic E-state index is 10.9. The lowest BCUT2D eigenvalue weighted by molar-refractivity contribution is 0.579. The Kier molecular flexibility index (Phi) is 6.40. The minimum atomic E-state index is -3.08.